The van der Waals surface area contributed by atoms with Crippen LogP contribution in [-0.4, -0.2) is 33.4 Å². The molecule has 0 spiro atoms. The van der Waals surface area contributed by atoms with Gasteiger partial charge in [0.2, 0.25) is 0 Å². The largest absolute Gasteiger partial charge is 0.477 e. The smallest absolute Gasteiger partial charge is 0.354 e. The van der Waals surface area contributed by atoms with Crippen LogP contribution >= 0.6 is 11.3 Å². The predicted octanol–water partition coefficient (Wildman–Crippen LogP) is 2.82. The number of pyridine rings is 1. The van der Waals surface area contributed by atoms with E-state index < -0.39 is 5.97 Å². The summed E-state index contributed by atoms with van der Waals surface area (Å²) in [7, 11) is 0. The molecule has 0 aromatic carbocycles. The number of nitrogens with zero attached hydrogens (tertiary/aromatic N) is 2. The summed E-state index contributed by atoms with van der Waals surface area (Å²) in [4.78, 5) is 29.0. The van der Waals surface area contributed by atoms with Gasteiger partial charge in [-0.2, -0.15) is 11.3 Å². The topological polar surface area (TPSA) is 70.5 Å². The molecule has 0 saturated carbocycles. The molecule has 1 fully saturated rings. The quantitative estimate of drug-likeness (QED) is 0.946. The number of carbonyl (C=O) groups excluding carboxylic acids is 1. The predicted molar refractivity (Wildman–Crippen MR) is 78.5 cm³/mol. The van der Waals surface area contributed by atoms with Crippen LogP contribution in [0.2, 0.25) is 0 Å². The Morgan fingerprint density at radius 2 is 2.19 bits per heavy atom. The van der Waals surface area contributed by atoms with Crippen LogP contribution in [0.5, 0.6) is 0 Å². The average molecular weight is 302 g/mol. The molecule has 3 heterocycles. The van der Waals surface area contributed by atoms with E-state index in [1.165, 1.54) is 23.9 Å². The molecule has 1 atom stereocenters. The summed E-state index contributed by atoms with van der Waals surface area (Å²) >= 11 is 1.63. The zero-order valence-corrected chi connectivity index (χ0v) is 12.0. The Morgan fingerprint density at radius 3 is 2.81 bits per heavy atom. The molecule has 2 aromatic rings. The van der Waals surface area contributed by atoms with Crippen LogP contribution in [0.3, 0.4) is 0 Å². The Labute approximate surface area is 125 Å². The molecule has 6 heteroatoms. The van der Waals surface area contributed by atoms with Gasteiger partial charge in [0, 0.05) is 12.7 Å². The Balaban J connectivity index is 1.82. The molecule has 1 amide bonds. The number of rotatable bonds is 3. The molecule has 21 heavy (non-hydrogen) atoms. The molecule has 1 aliphatic heterocycles. The van der Waals surface area contributed by atoms with E-state index in [-0.39, 0.29) is 17.6 Å². The number of aromatic nitrogens is 1. The maximum Gasteiger partial charge on any atom is 0.354 e. The van der Waals surface area contributed by atoms with Crippen molar-refractivity contribution in [1.29, 1.82) is 0 Å². The molecule has 1 saturated heterocycles. The van der Waals surface area contributed by atoms with Gasteiger partial charge in [-0.3, -0.25) is 4.79 Å². The van der Waals surface area contributed by atoms with Gasteiger partial charge < -0.3 is 10.0 Å². The molecular weight excluding hydrogens is 288 g/mol. The highest BCUT2D eigenvalue weighted by Crippen LogP contribution is 2.34. The number of amides is 1. The monoisotopic (exact) mass is 302 g/mol. The molecule has 108 valence electrons. The lowest BCUT2D eigenvalue weighted by Gasteiger charge is -2.24. The van der Waals surface area contributed by atoms with Crippen LogP contribution in [0.25, 0.3) is 0 Å². The molecule has 1 aliphatic rings. The number of likely N-dealkylation sites (tertiary alicyclic amines) is 1. The molecule has 5 nitrogen and oxygen atoms in total. The number of hydrogen-bond donors (Lipinski definition) is 1. The summed E-state index contributed by atoms with van der Waals surface area (Å²) in [6, 6.07) is 5.06. The van der Waals surface area contributed by atoms with Gasteiger partial charge in [0.1, 0.15) is 5.69 Å². The highest BCUT2D eigenvalue weighted by molar-refractivity contribution is 7.07. The van der Waals surface area contributed by atoms with Crippen molar-refractivity contribution in [1.82, 2.24) is 9.88 Å². The van der Waals surface area contributed by atoms with E-state index in [2.05, 4.69) is 10.4 Å². The van der Waals surface area contributed by atoms with E-state index in [0.29, 0.717) is 5.56 Å². The van der Waals surface area contributed by atoms with Crippen molar-refractivity contribution in [3.63, 3.8) is 0 Å². The highest BCUT2D eigenvalue weighted by atomic mass is 32.1. The standard InChI is InChI=1S/C15H14N2O3S/c18-14(10-3-4-12(15(19)20)16-8-10)17-6-1-2-13(17)11-5-7-21-9-11/h3-5,7-9,13H,1-2,6H2,(H,19,20)/t13-/m1/s1. The summed E-state index contributed by atoms with van der Waals surface area (Å²) < 4.78 is 0. The van der Waals surface area contributed by atoms with Crippen LogP contribution in [0.1, 0.15) is 45.3 Å². The lowest BCUT2D eigenvalue weighted by atomic mass is 10.1. The Bertz CT molecular complexity index is 652. The summed E-state index contributed by atoms with van der Waals surface area (Å²) in [5, 5.41) is 12.9. The minimum atomic E-state index is -1.09. The van der Waals surface area contributed by atoms with E-state index >= 15 is 0 Å². The van der Waals surface area contributed by atoms with E-state index in [9.17, 15) is 9.59 Å². The second-order valence-corrected chi connectivity index (χ2v) is 5.73. The molecule has 0 unspecified atom stereocenters. The highest BCUT2D eigenvalue weighted by Gasteiger charge is 2.30. The Hall–Kier alpha value is -2.21. The number of carboxylic acid groups (broad SMARTS) is 1. The van der Waals surface area contributed by atoms with Crippen molar-refractivity contribution < 1.29 is 14.7 Å². The first-order valence-corrected chi connectivity index (χ1v) is 7.63. The van der Waals surface area contributed by atoms with Crippen LogP contribution in [0, 0.1) is 0 Å². The normalized spacial score (nSPS) is 17.9. The average Bonchev–Trinajstić information content (AvgIpc) is 3.17. The van der Waals surface area contributed by atoms with Gasteiger partial charge in [0.05, 0.1) is 11.6 Å². The van der Waals surface area contributed by atoms with Crippen LogP contribution in [-0.2, 0) is 0 Å². The lowest BCUT2D eigenvalue weighted by molar-refractivity contribution is 0.0685. The third kappa shape index (κ3) is 2.67. The maximum absolute atomic E-state index is 12.6. The zero-order chi connectivity index (χ0) is 14.8. The van der Waals surface area contributed by atoms with Gasteiger partial charge in [-0.25, -0.2) is 9.78 Å². The first-order chi connectivity index (χ1) is 10.2. The Morgan fingerprint density at radius 1 is 1.33 bits per heavy atom. The minimum absolute atomic E-state index is 0.0534. The van der Waals surface area contributed by atoms with Crippen molar-refractivity contribution >= 4 is 23.2 Å². The fourth-order valence-corrected chi connectivity index (χ4v) is 3.34. The van der Waals surface area contributed by atoms with E-state index in [1.54, 1.807) is 11.3 Å². The number of carbonyl (C=O) groups is 2. The number of carboxylic acids is 1. The number of aromatic carboxylic acids is 1. The first kappa shape index (κ1) is 13.8. The van der Waals surface area contributed by atoms with E-state index in [4.69, 9.17) is 5.11 Å². The molecule has 1 N–H and O–H groups in total. The van der Waals surface area contributed by atoms with Gasteiger partial charge in [0.25, 0.3) is 5.91 Å². The number of hydrogen-bond acceptors (Lipinski definition) is 4. The summed E-state index contributed by atoms with van der Waals surface area (Å²) in [5.41, 5.74) is 1.55. The van der Waals surface area contributed by atoms with Crippen molar-refractivity contribution in [3.05, 3.63) is 52.0 Å². The van der Waals surface area contributed by atoms with E-state index in [0.717, 1.165) is 19.4 Å². The molecule has 0 bridgehead atoms. The third-order valence-corrected chi connectivity index (χ3v) is 4.37. The lowest BCUT2D eigenvalue weighted by Crippen LogP contribution is -2.30. The number of thiophene rings is 1. The molecule has 3 rings (SSSR count). The van der Waals surface area contributed by atoms with Crippen LogP contribution in [0.4, 0.5) is 0 Å². The third-order valence-electron chi connectivity index (χ3n) is 3.67. The van der Waals surface area contributed by atoms with Gasteiger partial charge in [0.15, 0.2) is 0 Å². The first-order valence-electron chi connectivity index (χ1n) is 6.69. The van der Waals surface area contributed by atoms with Crippen molar-refractivity contribution in [2.24, 2.45) is 0 Å². The SMILES string of the molecule is O=C(O)c1ccc(C(=O)N2CCC[C@@H]2c2ccsc2)cn1. The minimum Gasteiger partial charge on any atom is -0.477 e. The second-order valence-electron chi connectivity index (χ2n) is 4.95. The van der Waals surface area contributed by atoms with Gasteiger partial charge >= 0.3 is 5.97 Å². The van der Waals surface area contributed by atoms with E-state index in [1.807, 2.05) is 16.3 Å². The van der Waals surface area contributed by atoms with Crippen LogP contribution in [0.15, 0.2) is 35.2 Å². The fourth-order valence-electron chi connectivity index (χ4n) is 2.63. The van der Waals surface area contributed by atoms with Gasteiger partial charge in [-0.1, -0.05) is 0 Å². The molecule has 0 aliphatic carbocycles. The molecule has 0 radical (unpaired) electrons. The summed E-state index contributed by atoms with van der Waals surface area (Å²) in [6.07, 6.45) is 3.28. The zero-order valence-electron chi connectivity index (χ0n) is 11.2. The van der Waals surface area contributed by atoms with Gasteiger partial charge in [-0.05, 0) is 47.4 Å². The molecular formula is C15H14N2O3S. The fraction of sp³-hybridized carbons (Fsp3) is 0.267. The molecule has 2 aromatic heterocycles. The van der Waals surface area contributed by atoms with Crippen molar-refractivity contribution in [3.8, 4) is 0 Å². The second kappa shape index (κ2) is 5.65. The summed E-state index contributed by atoms with van der Waals surface area (Å²) in [6.45, 7) is 0.722. The van der Waals surface area contributed by atoms with Crippen LogP contribution < -0.4 is 0 Å². The Kier molecular flexibility index (Phi) is 3.70. The van der Waals surface area contributed by atoms with Gasteiger partial charge in [-0.15, -0.1) is 0 Å². The van der Waals surface area contributed by atoms with Crippen molar-refractivity contribution in [2.45, 2.75) is 18.9 Å². The van der Waals surface area contributed by atoms with Crippen molar-refractivity contribution in [2.75, 3.05) is 6.54 Å². The maximum atomic E-state index is 12.6. The summed E-state index contributed by atoms with van der Waals surface area (Å²) in [5.74, 6) is -1.18.